The molecule has 0 radical (unpaired) electrons. The van der Waals surface area contributed by atoms with Gasteiger partial charge in [-0.1, -0.05) is 133 Å². The minimum atomic E-state index is 0.670. The normalized spacial score (nSPS) is 11.4. The fourth-order valence-corrected chi connectivity index (χ4v) is 7.18. The van der Waals surface area contributed by atoms with E-state index < -0.39 is 0 Å². The molecule has 0 aliphatic heterocycles. The number of furan rings is 1. The summed E-state index contributed by atoms with van der Waals surface area (Å²) in [6, 6.07) is 61.5. The zero-order valence-corrected chi connectivity index (χ0v) is 28.6. The fraction of sp³-hybridized carbons (Fsp3) is 0. The Morgan fingerprint density at radius 3 is 1.68 bits per heavy atom. The molecule has 0 atom stereocenters. The van der Waals surface area contributed by atoms with E-state index in [0.29, 0.717) is 5.82 Å². The van der Waals surface area contributed by atoms with Gasteiger partial charge in [0.1, 0.15) is 11.2 Å². The summed E-state index contributed by atoms with van der Waals surface area (Å²) < 4.78 is 6.08. The standard InChI is InChI=1S/C49H31N3O/c1-2-8-37-27-39(23-18-32(37)7-1)33-14-19-35(20-15-33)45-30-46(52-49(51-45)41-10-5-9-38(28-41)42-11-6-26-50-31-42)36-21-16-34(17-22-36)40-24-25-48-44(29-40)43-12-3-4-13-47(43)53-48/h1-31H. The van der Waals surface area contributed by atoms with Crippen molar-refractivity contribution in [3.63, 3.8) is 0 Å². The first kappa shape index (κ1) is 30.6. The first-order valence-corrected chi connectivity index (χ1v) is 17.7. The van der Waals surface area contributed by atoms with Gasteiger partial charge in [-0.3, -0.25) is 4.98 Å². The van der Waals surface area contributed by atoms with Gasteiger partial charge in [-0.05, 0) is 81.1 Å². The molecule has 3 heterocycles. The highest BCUT2D eigenvalue weighted by atomic mass is 16.3. The van der Waals surface area contributed by atoms with Crippen LogP contribution in [0, 0.1) is 0 Å². The molecule has 4 nitrogen and oxygen atoms in total. The molecule has 53 heavy (non-hydrogen) atoms. The molecule has 10 aromatic rings. The number of nitrogens with zero attached hydrogens (tertiary/aromatic N) is 3. The highest BCUT2D eigenvalue weighted by Gasteiger charge is 2.14. The molecule has 0 amide bonds. The predicted octanol–water partition coefficient (Wildman–Crippen LogP) is 12.9. The smallest absolute Gasteiger partial charge is 0.160 e. The maximum absolute atomic E-state index is 6.08. The van der Waals surface area contributed by atoms with E-state index in [1.807, 2.05) is 24.4 Å². The molecule has 0 aliphatic carbocycles. The molecule has 0 aliphatic rings. The molecule has 10 rings (SSSR count). The van der Waals surface area contributed by atoms with E-state index in [9.17, 15) is 0 Å². The summed E-state index contributed by atoms with van der Waals surface area (Å²) in [6.45, 7) is 0. The second kappa shape index (κ2) is 12.9. The Labute approximate surface area is 306 Å². The molecule has 0 fully saturated rings. The van der Waals surface area contributed by atoms with Gasteiger partial charge >= 0.3 is 0 Å². The van der Waals surface area contributed by atoms with Crippen LogP contribution < -0.4 is 0 Å². The van der Waals surface area contributed by atoms with E-state index in [1.165, 1.54) is 16.3 Å². The average molecular weight is 678 g/mol. The largest absolute Gasteiger partial charge is 0.456 e. The molecule has 3 aromatic heterocycles. The molecular formula is C49H31N3O. The summed E-state index contributed by atoms with van der Waals surface area (Å²) in [7, 11) is 0. The summed E-state index contributed by atoms with van der Waals surface area (Å²) in [5.74, 6) is 0.670. The molecule has 0 N–H and O–H groups in total. The second-order valence-corrected chi connectivity index (χ2v) is 13.3. The zero-order valence-electron chi connectivity index (χ0n) is 28.6. The second-order valence-electron chi connectivity index (χ2n) is 13.3. The number of pyridine rings is 1. The molecule has 4 heteroatoms. The molecule has 0 saturated carbocycles. The third-order valence-corrected chi connectivity index (χ3v) is 10.00. The van der Waals surface area contributed by atoms with Crippen LogP contribution >= 0.6 is 0 Å². The Morgan fingerprint density at radius 2 is 0.925 bits per heavy atom. The van der Waals surface area contributed by atoms with Crippen LogP contribution in [0.3, 0.4) is 0 Å². The van der Waals surface area contributed by atoms with Crippen molar-refractivity contribution in [2.75, 3.05) is 0 Å². The minimum Gasteiger partial charge on any atom is -0.456 e. The van der Waals surface area contributed by atoms with Crippen LogP contribution in [0.15, 0.2) is 193 Å². The lowest BCUT2D eigenvalue weighted by Crippen LogP contribution is -1.96. The lowest BCUT2D eigenvalue weighted by atomic mass is 9.98. The minimum absolute atomic E-state index is 0.670. The number of rotatable bonds is 6. The van der Waals surface area contributed by atoms with Crippen LogP contribution in [0.4, 0.5) is 0 Å². The number of para-hydroxylation sites is 1. The molecule has 248 valence electrons. The Hall–Kier alpha value is -7.17. The predicted molar refractivity (Wildman–Crippen MR) is 217 cm³/mol. The van der Waals surface area contributed by atoms with E-state index in [2.05, 4.69) is 163 Å². The molecular weight excluding hydrogens is 647 g/mol. The van der Waals surface area contributed by atoms with Gasteiger partial charge in [-0.25, -0.2) is 9.97 Å². The van der Waals surface area contributed by atoms with Gasteiger partial charge in [0.25, 0.3) is 0 Å². The van der Waals surface area contributed by atoms with Gasteiger partial charge in [-0.2, -0.15) is 0 Å². The first-order valence-electron chi connectivity index (χ1n) is 17.7. The summed E-state index contributed by atoms with van der Waals surface area (Å²) in [6.07, 6.45) is 3.67. The topological polar surface area (TPSA) is 51.8 Å². The maximum Gasteiger partial charge on any atom is 0.160 e. The fourth-order valence-electron chi connectivity index (χ4n) is 7.18. The first-order chi connectivity index (χ1) is 26.2. The van der Waals surface area contributed by atoms with Crippen molar-refractivity contribution in [2.45, 2.75) is 0 Å². The van der Waals surface area contributed by atoms with Gasteiger partial charge in [-0.15, -0.1) is 0 Å². The number of hydrogen-bond acceptors (Lipinski definition) is 4. The van der Waals surface area contributed by atoms with E-state index in [4.69, 9.17) is 14.4 Å². The summed E-state index contributed by atoms with van der Waals surface area (Å²) in [5.41, 5.74) is 13.2. The lowest BCUT2D eigenvalue weighted by molar-refractivity contribution is 0.669. The third-order valence-electron chi connectivity index (χ3n) is 10.00. The van der Waals surface area contributed by atoms with Gasteiger partial charge in [0.15, 0.2) is 5.82 Å². The Balaban J connectivity index is 1.04. The van der Waals surface area contributed by atoms with Crippen molar-refractivity contribution in [3.05, 3.63) is 188 Å². The van der Waals surface area contributed by atoms with Crippen molar-refractivity contribution < 1.29 is 4.42 Å². The Bertz CT molecular complexity index is 2930. The van der Waals surface area contributed by atoms with Crippen molar-refractivity contribution in [1.29, 1.82) is 0 Å². The number of aromatic nitrogens is 3. The van der Waals surface area contributed by atoms with Gasteiger partial charge < -0.3 is 4.42 Å². The molecule has 7 aromatic carbocycles. The maximum atomic E-state index is 6.08. The summed E-state index contributed by atoms with van der Waals surface area (Å²) >= 11 is 0. The van der Waals surface area contributed by atoms with Crippen LogP contribution in [0.1, 0.15) is 0 Å². The molecule has 0 unspecified atom stereocenters. The van der Waals surface area contributed by atoms with E-state index in [-0.39, 0.29) is 0 Å². The van der Waals surface area contributed by atoms with E-state index in [0.717, 1.165) is 77.8 Å². The van der Waals surface area contributed by atoms with Crippen molar-refractivity contribution in [3.8, 4) is 67.3 Å². The van der Waals surface area contributed by atoms with Crippen LogP contribution in [-0.4, -0.2) is 15.0 Å². The monoisotopic (exact) mass is 677 g/mol. The van der Waals surface area contributed by atoms with E-state index >= 15 is 0 Å². The van der Waals surface area contributed by atoms with E-state index in [1.54, 1.807) is 6.20 Å². The highest BCUT2D eigenvalue weighted by Crippen LogP contribution is 2.35. The van der Waals surface area contributed by atoms with Crippen LogP contribution in [-0.2, 0) is 0 Å². The lowest BCUT2D eigenvalue weighted by Gasteiger charge is -2.12. The van der Waals surface area contributed by atoms with Gasteiger partial charge in [0, 0.05) is 45.4 Å². The Kier molecular flexibility index (Phi) is 7.43. The number of benzene rings is 7. The van der Waals surface area contributed by atoms with Crippen molar-refractivity contribution in [1.82, 2.24) is 15.0 Å². The molecule has 0 spiro atoms. The number of hydrogen-bond donors (Lipinski definition) is 0. The number of fused-ring (bicyclic) bond motifs is 4. The van der Waals surface area contributed by atoms with Crippen LogP contribution in [0.25, 0.3) is 100.0 Å². The van der Waals surface area contributed by atoms with Crippen LogP contribution in [0.2, 0.25) is 0 Å². The van der Waals surface area contributed by atoms with Crippen LogP contribution in [0.5, 0.6) is 0 Å². The average Bonchev–Trinajstić information content (AvgIpc) is 3.62. The van der Waals surface area contributed by atoms with Crippen molar-refractivity contribution in [2.24, 2.45) is 0 Å². The van der Waals surface area contributed by atoms with Gasteiger partial charge in [0.2, 0.25) is 0 Å². The molecule has 0 saturated heterocycles. The van der Waals surface area contributed by atoms with Crippen molar-refractivity contribution >= 4 is 32.7 Å². The summed E-state index contributed by atoms with van der Waals surface area (Å²) in [5, 5.41) is 4.71. The summed E-state index contributed by atoms with van der Waals surface area (Å²) in [4.78, 5) is 14.6. The zero-order chi connectivity index (χ0) is 35.1. The highest BCUT2D eigenvalue weighted by molar-refractivity contribution is 6.06. The quantitative estimate of drug-likeness (QED) is 0.176. The van der Waals surface area contributed by atoms with Gasteiger partial charge in [0.05, 0.1) is 11.4 Å². The SMILES string of the molecule is c1cncc(-c2cccc(-c3nc(-c4ccc(-c5ccc6ccccc6c5)cc4)cc(-c4ccc(-c5ccc6oc7ccccc7c6c5)cc4)n3)c2)c1. The third kappa shape index (κ3) is 5.82. The molecule has 0 bridgehead atoms. The Morgan fingerprint density at radius 1 is 0.340 bits per heavy atom.